The first-order valence-corrected chi connectivity index (χ1v) is 9.75. The minimum Gasteiger partial charge on any atom is -0.351 e. The topological polar surface area (TPSA) is 86.5 Å². The minimum absolute atomic E-state index is 0.0488. The molecule has 2 heterocycles. The predicted octanol–water partition coefficient (Wildman–Crippen LogP) is 5.04. The van der Waals surface area contributed by atoms with Crippen LogP contribution in [0.4, 0.5) is 21.8 Å². The Morgan fingerprint density at radius 3 is 2.62 bits per heavy atom. The van der Waals surface area contributed by atoms with E-state index >= 15 is 0 Å². The number of aromatic nitrogens is 3. The Kier molecular flexibility index (Phi) is 5.61. The van der Waals surface area contributed by atoms with E-state index < -0.39 is 5.82 Å². The van der Waals surface area contributed by atoms with Crippen LogP contribution in [0.3, 0.4) is 0 Å². The van der Waals surface area contributed by atoms with E-state index in [1.165, 1.54) is 25.3 Å². The van der Waals surface area contributed by atoms with E-state index in [1.807, 2.05) is 24.3 Å². The number of halogens is 1. The van der Waals surface area contributed by atoms with Gasteiger partial charge in [0.25, 0.3) is 0 Å². The van der Waals surface area contributed by atoms with Crippen molar-refractivity contribution in [3.8, 4) is 17.5 Å². The third-order valence-electron chi connectivity index (χ3n) is 4.98. The fourth-order valence-electron chi connectivity index (χ4n) is 3.53. The van der Waals surface area contributed by atoms with Crippen LogP contribution < -0.4 is 10.6 Å². The molecule has 2 N–H and O–H groups in total. The van der Waals surface area contributed by atoms with Crippen LogP contribution >= 0.6 is 0 Å². The second-order valence-corrected chi connectivity index (χ2v) is 7.06. The van der Waals surface area contributed by atoms with Crippen LogP contribution in [0.1, 0.15) is 37.7 Å². The van der Waals surface area contributed by atoms with Crippen molar-refractivity contribution in [1.82, 2.24) is 15.0 Å². The molecule has 2 aromatic heterocycles. The Hall–Kier alpha value is -3.53. The average molecular weight is 388 g/mol. The standard InChI is InChI=1S/C22H21FN6/c23-17-9-6-11-18(16(17)14-24)27-21-13-20(19-10-4-5-12-25-19)28-22(29-21)26-15-7-2-1-3-8-15/h4-6,9-13,15H,1-3,7-8H2,(H2,26,27,28,29). The summed E-state index contributed by atoms with van der Waals surface area (Å²) in [6.45, 7) is 0. The maximum Gasteiger partial charge on any atom is 0.225 e. The first-order valence-electron chi connectivity index (χ1n) is 9.75. The van der Waals surface area contributed by atoms with Crippen LogP contribution in [0.2, 0.25) is 0 Å². The molecule has 6 nitrogen and oxygen atoms in total. The molecule has 3 aromatic rings. The summed E-state index contributed by atoms with van der Waals surface area (Å²) in [4.78, 5) is 13.6. The van der Waals surface area contributed by atoms with E-state index in [4.69, 9.17) is 0 Å². The van der Waals surface area contributed by atoms with Gasteiger partial charge < -0.3 is 10.6 Å². The summed E-state index contributed by atoms with van der Waals surface area (Å²) in [5.41, 5.74) is 1.68. The maximum atomic E-state index is 14.0. The molecule has 0 bridgehead atoms. The molecule has 29 heavy (non-hydrogen) atoms. The molecule has 7 heteroatoms. The molecule has 1 fully saturated rings. The van der Waals surface area contributed by atoms with Gasteiger partial charge in [0.2, 0.25) is 5.95 Å². The fourth-order valence-corrected chi connectivity index (χ4v) is 3.53. The molecule has 1 aliphatic rings. The number of hydrogen-bond acceptors (Lipinski definition) is 6. The Balaban J connectivity index is 1.70. The normalized spacial score (nSPS) is 14.2. The number of rotatable bonds is 5. The third-order valence-corrected chi connectivity index (χ3v) is 4.98. The molecule has 1 aliphatic carbocycles. The van der Waals surface area contributed by atoms with Gasteiger partial charge in [-0.2, -0.15) is 10.2 Å². The maximum absolute atomic E-state index is 14.0. The lowest BCUT2D eigenvalue weighted by Gasteiger charge is -2.23. The van der Waals surface area contributed by atoms with Gasteiger partial charge >= 0.3 is 0 Å². The second-order valence-electron chi connectivity index (χ2n) is 7.06. The summed E-state index contributed by atoms with van der Waals surface area (Å²) in [5, 5.41) is 15.8. The molecule has 0 spiro atoms. The van der Waals surface area contributed by atoms with Crippen LogP contribution in [0, 0.1) is 17.1 Å². The van der Waals surface area contributed by atoms with E-state index in [9.17, 15) is 9.65 Å². The lowest BCUT2D eigenvalue weighted by atomic mass is 9.96. The zero-order valence-electron chi connectivity index (χ0n) is 15.9. The molecular weight excluding hydrogens is 367 g/mol. The van der Waals surface area contributed by atoms with Gasteiger partial charge in [0.1, 0.15) is 23.3 Å². The van der Waals surface area contributed by atoms with Crippen LogP contribution in [-0.2, 0) is 0 Å². The third kappa shape index (κ3) is 4.49. The van der Waals surface area contributed by atoms with Gasteiger partial charge in [-0.3, -0.25) is 4.98 Å². The fraction of sp³-hybridized carbons (Fsp3) is 0.273. The molecule has 1 aromatic carbocycles. The van der Waals surface area contributed by atoms with Gasteiger partial charge in [-0.25, -0.2) is 9.37 Å². The molecule has 0 amide bonds. The van der Waals surface area contributed by atoms with Crippen LogP contribution in [0.5, 0.6) is 0 Å². The number of nitrogens with zero attached hydrogens (tertiary/aromatic N) is 4. The highest BCUT2D eigenvalue weighted by Crippen LogP contribution is 2.27. The van der Waals surface area contributed by atoms with Crippen molar-refractivity contribution in [2.45, 2.75) is 38.1 Å². The van der Waals surface area contributed by atoms with Gasteiger partial charge in [-0.05, 0) is 37.1 Å². The molecule has 4 rings (SSSR count). The van der Waals surface area contributed by atoms with Crippen molar-refractivity contribution in [2.24, 2.45) is 0 Å². The quantitative estimate of drug-likeness (QED) is 0.637. The molecule has 1 saturated carbocycles. The number of pyridine rings is 1. The van der Waals surface area contributed by atoms with Crippen molar-refractivity contribution < 1.29 is 4.39 Å². The van der Waals surface area contributed by atoms with Gasteiger partial charge in [0.05, 0.1) is 17.1 Å². The summed E-state index contributed by atoms with van der Waals surface area (Å²) in [6, 6.07) is 14.1. The Bertz CT molecular complexity index is 1030. The molecule has 0 aliphatic heterocycles. The summed E-state index contributed by atoms with van der Waals surface area (Å²) >= 11 is 0. The van der Waals surface area contributed by atoms with E-state index in [0.717, 1.165) is 12.8 Å². The van der Waals surface area contributed by atoms with Gasteiger partial charge in [-0.15, -0.1) is 0 Å². The number of hydrogen-bond donors (Lipinski definition) is 2. The van der Waals surface area contributed by atoms with Gasteiger partial charge in [0.15, 0.2) is 0 Å². The first-order chi connectivity index (χ1) is 14.2. The SMILES string of the molecule is N#Cc1c(F)cccc1Nc1cc(-c2ccccn2)nc(NC2CCCCC2)n1. The number of nitriles is 1. The van der Waals surface area contributed by atoms with Crippen molar-refractivity contribution in [3.63, 3.8) is 0 Å². The zero-order valence-corrected chi connectivity index (χ0v) is 15.9. The Labute approximate surface area is 168 Å². The van der Waals surface area contributed by atoms with Crippen LogP contribution in [0.15, 0.2) is 48.7 Å². The summed E-state index contributed by atoms with van der Waals surface area (Å²) in [7, 11) is 0. The zero-order chi connectivity index (χ0) is 20.1. The number of anilines is 3. The molecule has 0 unspecified atom stereocenters. The summed E-state index contributed by atoms with van der Waals surface area (Å²) in [6.07, 6.45) is 7.52. The van der Waals surface area contributed by atoms with E-state index in [2.05, 4.69) is 25.6 Å². The molecule has 146 valence electrons. The summed E-state index contributed by atoms with van der Waals surface area (Å²) < 4.78 is 14.0. The number of benzene rings is 1. The smallest absolute Gasteiger partial charge is 0.225 e. The monoisotopic (exact) mass is 388 g/mol. The van der Waals surface area contributed by atoms with Gasteiger partial charge in [-0.1, -0.05) is 31.4 Å². The lowest BCUT2D eigenvalue weighted by Crippen LogP contribution is -2.23. The van der Waals surface area contributed by atoms with Gasteiger partial charge in [0, 0.05) is 18.3 Å². The highest BCUT2D eigenvalue weighted by molar-refractivity contribution is 5.69. The van der Waals surface area contributed by atoms with Crippen LogP contribution in [-0.4, -0.2) is 21.0 Å². The first kappa shape index (κ1) is 18.8. The number of nitrogens with one attached hydrogen (secondary N) is 2. The van der Waals surface area contributed by atoms with E-state index in [1.54, 1.807) is 24.4 Å². The molecular formula is C22H21FN6. The highest BCUT2D eigenvalue weighted by atomic mass is 19.1. The molecule has 0 atom stereocenters. The second kappa shape index (κ2) is 8.65. The van der Waals surface area contributed by atoms with Crippen molar-refractivity contribution in [3.05, 3.63) is 60.0 Å². The molecule has 0 saturated heterocycles. The highest BCUT2D eigenvalue weighted by Gasteiger charge is 2.16. The minimum atomic E-state index is -0.572. The van der Waals surface area contributed by atoms with Crippen molar-refractivity contribution in [2.75, 3.05) is 10.6 Å². The Morgan fingerprint density at radius 1 is 1.00 bits per heavy atom. The van der Waals surface area contributed by atoms with E-state index in [-0.39, 0.29) is 5.56 Å². The van der Waals surface area contributed by atoms with Crippen LogP contribution in [0.25, 0.3) is 11.4 Å². The van der Waals surface area contributed by atoms with Crippen molar-refractivity contribution >= 4 is 17.5 Å². The Morgan fingerprint density at radius 2 is 1.86 bits per heavy atom. The largest absolute Gasteiger partial charge is 0.351 e. The van der Waals surface area contributed by atoms with E-state index in [0.29, 0.717) is 34.9 Å². The molecule has 0 radical (unpaired) electrons. The average Bonchev–Trinajstić information content (AvgIpc) is 2.75. The predicted molar refractivity (Wildman–Crippen MR) is 110 cm³/mol. The van der Waals surface area contributed by atoms with Crippen molar-refractivity contribution in [1.29, 1.82) is 5.26 Å². The summed E-state index contributed by atoms with van der Waals surface area (Å²) in [5.74, 6) is 0.399. The lowest BCUT2D eigenvalue weighted by molar-refractivity contribution is 0.461.